The number of hydrogen-bond acceptors (Lipinski definition) is 4. The molecule has 9 rings (SSSR count). The van der Waals surface area contributed by atoms with Crippen LogP contribution in [0, 0.1) is 0 Å². The molecule has 5 aromatic carbocycles. The van der Waals surface area contributed by atoms with E-state index in [-0.39, 0.29) is 5.75 Å². The number of fused-ring (bicyclic) bond motifs is 11. The third-order valence-electron chi connectivity index (χ3n) is 9.03. The molecule has 2 aliphatic carbocycles. The summed E-state index contributed by atoms with van der Waals surface area (Å²) in [5, 5.41) is 11.5. The summed E-state index contributed by atoms with van der Waals surface area (Å²) in [4.78, 5) is 13.2. The molecule has 4 nitrogen and oxygen atoms in total. The minimum atomic E-state index is -0.484. The van der Waals surface area contributed by atoms with Gasteiger partial charge in [0, 0.05) is 23.3 Å². The molecule has 0 aliphatic heterocycles. The minimum Gasteiger partial charge on any atom is -0.506 e. The third-order valence-corrected chi connectivity index (χ3v) is 9.03. The Balaban J connectivity index is 1.39. The van der Waals surface area contributed by atoms with E-state index in [4.69, 9.17) is 0 Å². The lowest BCUT2D eigenvalue weighted by Gasteiger charge is -2.31. The lowest BCUT2D eigenvalue weighted by atomic mass is 9.70. The highest BCUT2D eigenvalue weighted by Gasteiger charge is 2.51. The molecule has 42 heavy (non-hydrogen) atoms. The van der Waals surface area contributed by atoms with E-state index in [9.17, 15) is 5.11 Å². The molecule has 4 heteroatoms. The number of pyridine rings is 1. The summed E-state index contributed by atoms with van der Waals surface area (Å²) in [5.41, 5.74) is 14.4. The van der Waals surface area contributed by atoms with Crippen molar-refractivity contribution < 1.29 is 5.11 Å². The van der Waals surface area contributed by atoms with Gasteiger partial charge in [0.15, 0.2) is 0 Å². The smallest absolute Gasteiger partial charge is 0.141 e. The highest BCUT2D eigenvalue weighted by molar-refractivity contribution is 6.00. The number of rotatable bonds is 2. The molecule has 0 fully saturated rings. The fourth-order valence-corrected chi connectivity index (χ4v) is 7.34. The van der Waals surface area contributed by atoms with Crippen molar-refractivity contribution in [1.29, 1.82) is 0 Å². The number of nitrogens with zero attached hydrogens (tertiary/aromatic N) is 3. The highest BCUT2D eigenvalue weighted by Crippen LogP contribution is 2.63. The van der Waals surface area contributed by atoms with Crippen LogP contribution in [0.4, 0.5) is 0 Å². The Hall–Kier alpha value is -5.61. The van der Waals surface area contributed by atoms with Crippen molar-refractivity contribution in [3.63, 3.8) is 0 Å². The molecular formula is C38H23N3O. The third kappa shape index (κ3) is 2.93. The monoisotopic (exact) mass is 537 g/mol. The zero-order valence-electron chi connectivity index (χ0n) is 22.5. The molecule has 2 aromatic heterocycles. The predicted molar refractivity (Wildman–Crippen MR) is 166 cm³/mol. The molecular weight excluding hydrogens is 514 g/mol. The summed E-state index contributed by atoms with van der Waals surface area (Å²) in [5.74, 6) is 0.190. The maximum absolute atomic E-state index is 10.6. The van der Waals surface area contributed by atoms with Crippen LogP contribution in [0.25, 0.3) is 55.5 Å². The van der Waals surface area contributed by atoms with Gasteiger partial charge in [-0.3, -0.25) is 4.98 Å². The Labute approximate surface area is 242 Å². The van der Waals surface area contributed by atoms with E-state index in [0.717, 1.165) is 27.8 Å². The van der Waals surface area contributed by atoms with Crippen molar-refractivity contribution >= 4 is 10.9 Å². The van der Waals surface area contributed by atoms with Gasteiger partial charge in [0.25, 0.3) is 0 Å². The van der Waals surface area contributed by atoms with Gasteiger partial charge in [-0.15, -0.1) is 0 Å². The maximum atomic E-state index is 10.6. The minimum absolute atomic E-state index is 0.190. The highest BCUT2D eigenvalue weighted by atomic mass is 16.3. The number of aromatic hydroxyl groups is 1. The lowest BCUT2D eigenvalue weighted by molar-refractivity contribution is 0.480. The van der Waals surface area contributed by atoms with Crippen LogP contribution in [0.1, 0.15) is 22.3 Å². The first-order chi connectivity index (χ1) is 20.7. The quantitative estimate of drug-likeness (QED) is 0.241. The van der Waals surface area contributed by atoms with Gasteiger partial charge in [-0.1, -0.05) is 78.9 Å². The Kier molecular flexibility index (Phi) is 4.65. The van der Waals surface area contributed by atoms with Crippen LogP contribution in [0.3, 0.4) is 0 Å². The molecule has 196 valence electrons. The lowest BCUT2D eigenvalue weighted by Crippen LogP contribution is -2.26. The van der Waals surface area contributed by atoms with Gasteiger partial charge in [0.1, 0.15) is 17.6 Å². The number of phenolic OH excluding ortho intramolecular Hbond substituents is 1. The Bertz CT molecular complexity index is 2210. The molecule has 1 N–H and O–H groups in total. The first kappa shape index (κ1) is 23.1. The van der Waals surface area contributed by atoms with Crippen molar-refractivity contribution in [2.45, 2.75) is 5.41 Å². The molecule has 2 heterocycles. The van der Waals surface area contributed by atoms with Crippen LogP contribution in [-0.2, 0) is 5.41 Å². The second-order valence-corrected chi connectivity index (χ2v) is 11.0. The van der Waals surface area contributed by atoms with Crippen molar-refractivity contribution in [2.75, 3.05) is 0 Å². The standard InChI is InChI=1S/C38H23N3O/c42-36-16-15-25(30-8-5-18-40-37(30)36)23-11-13-28-26-6-1-3-9-31(26)38(33(28)20-23)32-10-4-2-7-27(32)29-14-12-24(21-34(29)38)35-17-19-39-22-41-35/h1-22,42H. The Morgan fingerprint density at radius 1 is 0.500 bits per heavy atom. The van der Waals surface area contributed by atoms with E-state index in [1.165, 1.54) is 44.5 Å². The van der Waals surface area contributed by atoms with Crippen molar-refractivity contribution in [1.82, 2.24) is 15.0 Å². The molecule has 0 saturated carbocycles. The largest absolute Gasteiger partial charge is 0.506 e. The van der Waals surface area contributed by atoms with Gasteiger partial charge < -0.3 is 5.11 Å². The second kappa shape index (κ2) is 8.45. The normalized spacial score (nSPS) is 15.8. The molecule has 0 radical (unpaired) electrons. The zero-order chi connectivity index (χ0) is 27.8. The van der Waals surface area contributed by atoms with Crippen molar-refractivity contribution in [2.24, 2.45) is 0 Å². The van der Waals surface area contributed by atoms with Gasteiger partial charge in [-0.05, 0) is 92.0 Å². The van der Waals surface area contributed by atoms with Gasteiger partial charge in [0.2, 0.25) is 0 Å². The van der Waals surface area contributed by atoms with Crippen LogP contribution < -0.4 is 0 Å². The first-order valence-electron chi connectivity index (χ1n) is 14.1. The van der Waals surface area contributed by atoms with Gasteiger partial charge >= 0.3 is 0 Å². The number of hydrogen-bond donors (Lipinski definition) is 1. The molecule has 2 aliphatic rings. The summed E-state index contributed by atoms with van der Waals surface area (Å²) in [7, 11) is 0. The first-order valence-corrected chi connectivity index (χ1v) is 14.1. The molecule has 0 bridgehead atoms. The Morgan fingerprint density at radius 3 is 1.86 bits per heavy atom. The van der Waals surface area contributed by atoms with E-state index in [0.29, 0.717) is 5.52 Å². The van der Waals surface area contributed by atoms with Crippen molar-refractivity contribution in [3.8, 4) is 50.4 Å². The van der Waals surface area contributed by atoms with Gasteiger partial charge in [0.05, 0.1) is 11.1 Å². The SMILES string of the molecule is Oc1ccc(-c2ccc3c(c2)C2(c4ccccc4-c4ccc(-c5ccncn5)cc42)c2ccccc2-3)c2cccnc12. The van der Waals surface area contributed by atoms with E-state index in [2.05, 4.69) is 99.9 Å². The Morgan fingerprint density at radius 2 is 1.14 bits per heavy atom. The molecule has 0 amide bonds. The van der Waals surface area contributed by atoms with Gasteiger partial charge in [-0.2, -0.15) is 0 Å². The fraction of sp³-hybridized carbons (Fsp3) is 0.0263. The predicted octanol–water partition coefficient (Wildman–Crippen LogP) is 8.41. The summed E-state index contributed by atoms with van der Waals surface area (Å²) < 4.78 is 0. The fourth-order valence-electron chi connectivity index (χ4n) is 7.34. The van der Waals surface area contributed by atoms with E-state index < -0.39 is 5.41 Å². The van der Waals surface area contributed by atoms with Gasteiger partial charge in [-0.25, -0.2) is 9.97 Å². The molecule has 1 unspecified atom stereocenters. The summed E-state index contributed by atoms with van der Waals surface area (Å²) in [6.07, 6.45) is 5.13. The summed E-state index contributed by atoms with van der Waals surface area (Å²) in [6, 6.07) is 40.9. The summed E-state index contributed by atoms with van der Waals surface area (Å²) in [6.45, 7) is 0. The summed E-state index contributed by atoms with van der Waals surface area (Å²) >= 11 is 0. The maximum Gasteiger partial charge on any atom is 0.141 e. The topological polar surface area (TPSA) is 58.9 Å². The van der Waals surface area contributed by atoms with E-state index in [1.54, 1.807) is 24.8 Å². The van der Waals surface area contributed by atoms with Crippen molar-refractivity contribution in [3.05, 3.63) is 156 Å². The number of phenols is 1. The molecule has 0 saturated heterocycles. The van der Waals surface area contributed by atoms with Crippen LogP contribution in [0.2, 0.25) is 0 Å². The number of aromatic nitrogens is 3. The van der Waals surface area contributed by atoms with Crippen LogP contribution in [0.15, 0.2) is 134 Å². The van der Waals surface area contributed by atoms with Crippen LogP contribution in [-0.4, -0.2) is 20.1 Å². The molecule has 1 spiro atoms. The second-order valence-electron chi connectivity index (χ2n) is 11.0. The molecule has 7 aromatic rings. The van der Waals surface area contributed by atoms with E-state index in [1.807, 2.05) is 24.3 Å². The molecule has 1 atom stereocenters. The zero-order valence-corrected chi connectivity index (χ0v) is 22.5. The van der Waals surface area contributed by atoms with Crippen LogP contribution in [0.5, 0.6) is 5.75 Å². The average molecular weight is 538 g/mol. The average Bonchev–Trinajstić information content (AvgIpc) is 3.52. The van der Waals surface area contributed by atoms with Crippen LogP contribution >= 0.6 is 0 Å². The van der Waals surface area contributed by atoms with E-state index >= 15 is 0 Å². The number of benzene rings is 5.